The molecule has 0 aromatic rings. The van der Waals surface area contributed by atoms with E-state index in [2.05, 4.69) is 30.9 Å². The van der Waals surface area contributed by atoms with Crippen molar-refractivity contribution in [1.82, 2.24) is 0 Å². The van der Waals surface area contributed by atoms with Gasteiger partial charge in [-0.15, -0.1) is 0 Å². The predicted molar refractivity (Wildman–Crippen MR) is 81.2 cm³/mol. The van der Waals surface area contributed by atoms with Crippen LogP contribution in [0.15, 0.2) is 24.3 Å². The first-order valence-corrected chi connectivity index (χ1v) is 10.1. The Kier molecular flexibility index (Phi) is 3.61. The summed E-state index contributed by atoms with van der Waals surface area (Å²) in [5, 5.41) is 0. The Hall–Kier alpha value is -0.383. The van der Waals surface area contributed by atoms with Gasteiger partial charge < -0.3 is 8.85 Å². The molecule has 2 nitrogen and oxygen atoms in total. The van der Waals surface area contributed by atoms with E-state index in [1.165, 1.54) is 25.7 Å². The van der Waals surface area contributed by atoms with Crippen LogP contribution in [0.2, 0.25) is 6.55 Å². The van der Waals surface area contributed by atoms with Gasteiger partial charge in [-0.3, -0.25) is 0 Å². The molecule has 3 heteroatoms. The number of fused-ring (bicyclic) bond motifs is 4. The Morgan fingerprint density at radius 1 is 0.800 bits per heavy atom. The van der Waals surface area contributed by atoms with Gasteiger partial charge in [0.2, 0.25) is 0 Å². The molecule has 4 bridgehead atoms. The van der Waals surface area contributed by atoms with E-state index in [1.807, 2.05) is 0 Å². The number of hydrogen-bond acceptors (Lipinski definition) is 2. The van der Waals surface area contributed by atoms with Crippen LogP contribution in [-0.4, -0.2) is 22.5 Å². The summed E-state index contributed by atoms with van der Waals surface area (Å²) in [7, 11) is -1.04. The van der Waals surface area contributed by atoms with Crippen molar-refractivity contribution in [2.45, 2.75) is 32.2 Å². The second kappa shape index (κ2) is 5.43. The smallest absolute Gasteiger partial charge is 0.381 e. The molecule has 2 saturated carbocycles. The monoisotopic (exact) mass is 289 g/mol. The lowest BCUT2D eigenvalue weighted by atomic mass is 9.95. The lowest BCUT2D eigenvalue weighted by molar-refractivity contribution is 0.140. The first kappa shape index (κ1) is 13.3. The maximum absolute atomic E-state index is 6.05. The third-order valence-electron chi connectivity index (χ3n) is 5.83. The maximum atomic E-state index is 6.05. The molecule has 4 aliphatic rings. The van der Waals surface area contributed by atoms with Crippen molar-refractivity contribution in [2.24, 2.45) is 35.5 Å². The summed E-state index contributed by atoms with van der Waals surface area (Å²) >= 11 is 0. The molecule has 20 heavy (non-hydrogen) atoms. The van der Waals surface area contributed by atoms with Crippen molar-refractivity contribution >= 4 is 9.28 Å². The van der Waals surface area contributed by atoms with Gasteiger partial charge in [-0.1, -0.05) is 24.3 Å². The number of rotatable bonds is 6. The van der Waals surface area contributed by atoms with E-state index >= 15 is 0 Å². The van der Waals surface area contributed by atoms with Gasteiger partial charge in [0.25, 0.3) is 0 Å². The lowest BCUT2D eigenvalue weighted by Gasteiger charge is -2.22. The lowest BCUT2D eigenvalue weighted by Crippen LogP contribution is -2.27. The first-order valence-electron chi connectivity index (χ1n) is 8.23. The molecule has 0 heterocycles. The third kappa shape index (κ3) is 2.56. The van der Waals surface area contributed by atoms with E-state index < -0.39 is 9.28 Å². The van der Waals surface area contributed by atoms with Gasteiger partial charge >= 0.3 is 9.28 Å². The highest BCUT2D eigenvalue weighted by molar-refractivity contribution is 6.42. The van der Waals surface area contributed by atoms with Crippen molar-refractivity contribution in [3.05, 3.63) is 24.3 Å². The van der Waals surface area contributed by atoms with Crippen LogP contribution in [0.3, 0.4) is 0 Å². The van der Waals surface area contributed by atoms with Crippen LogP contribution in [0.25, 0.3) is 0 Å². The molecule has 0 saturated heterocycles. The minimum Gasteiger partial charge on any atom is -0.393 e. The topological polar surface area (TPSA) is 18.5 Å². The molecule has 109 valence electrons. The second-order valence-electron chi connectivity index (χ2n) is 7.19. The zero-order valence-electron chi connectivity index (χ0n) is 12.3. The molecule has 0 N–H and O–H groups in total. The summed E-state index contributed by atoms with van der Waals surface area (Å²) in [4.78, 5) is 0. The third-order valence-corrected chi connectivity index (χ3v) is 6.98. The van der Waals surface area contributed by atoms with Crippen LogP contribution in [0.1, 0.15) is 25.7 Å². The fraction of sp³-hybridized carbons (Fsp3) is 0.765. The average molecular weight is 289 g/mol. The van der Waals surface area contributed by atoms with Gasteiger partial charge in [0.1, 0.15) is 0 Å². The molecule has 1 radical (unpaired) electrons. The van der Waals surface area contributed by atoms with Crippen LogP contribution in [0.4, 0.5) is 0 Å². The highest BCUT2D eigenvalue weighted by Crippen LogP contribution is 2.44. The quantitative estimate of drug-likeness (QED) is 0.550. The summed E-state index contributed by atoms with van der Waals surface area (Å²) in [6, 6.07) is 0. The Balaban J connectivity index is 1.17. The zero-order valence-corrected chi connectivity index (χ0v) is 13.3. The molecule has 0 aliphatic heterocycles. The molecule has 0 aromatic heterocycles. The van der Waals surface area contributed by atoms with Crippen LogP contribution >= 0.6 is 0 Å². The Bertz CT molecular complexity index is 381. The van der Waals surface area contributed by atoms with Crippen LogP contribution < -0.4 is 0 Å². The summed E-state index contributed by atoms with van der Waals surface area (Å²) in [5.41, 5.74) is 0. The highest BCUT2D eigenvalue weighted by Gasteiger charge is 2.37. The summed E-state index contributed by atoms with van der Waals surface area (Å²) < 4.78 is 12.1. The molecule has 2 fully saturated rings. The normalized spacial score (nSPS) is 44.3. The van der Waals surface area contributed by atoms with E-state index in [0.29, 0.717) is 0 Å². The van der Waals surface area contributed by atoms with Crippen LogP contribution in [0, 0.1) is 35.5 Å². The fourth-order valence-electron chi connectivity index (χ4n) is 4.66. The van der Waals surface area contributed by atoms with E-state index in [-0.39, 0.29) is 0 Å². The molecule has 4 aliphatic carbocycles. The minimum absolute atomic E-state index is 0.763. The Labute approximate surface area is 124 Å². The Morgan fingerprint density at radius 3 is 1.65 bits per heavy atom. The second-order valence-corrected chi connectivity index (χ2v) is 8.75. The number of allylic oxidation sites excluding steroid dienone is 4. The van der Waals surface area contributed by atoms with Gasteiger partial charge in [-0.05, 0) is 67.7 Å². The molecule has 6 atom stereocenters. The van der Waals surface area contributed by atoms with Crippen molar-refractivity contribution in [1.29, 1.82) is 0 Å². The van der Waals surface area contributed by atoms with E-state index in [0.717, 1.165) is 48.7 Å². The SMILES string of the molecule is C[Si](OCC1CC2C=CC1C2)OCC1CC2C=CC1C2. The van der Waals surface area contributed by atoms with Crippen molar-refractivity contribution < 1.29 is 8.85 Å². The van der Waals surface area contributed by atoms with Crippen molar-refractivity contribution in [3.63, 3.8) is 0 Å². The van der Waals surface area contributed by atoms with Gasteiger partial charge in [-0.25, -0.2) is 0 Å². The molecule has 0 aromatic carbocycles. The highest BCUT2D eigenvalue weighted by atomic mass is 28.3. The van der Waals surface area contributed by atoms with E-state index in [9.17, 15) is 0 Å². The maximum Gasteiger partial charge on any atom is 0.381 e. The fourth-order valence-corrected chi connectivity index (χ4v) is 5.64. The van der Waals surface area contributed by atoms with E-state index in [1.54, 1.807) is 0 Å². The minimum atomic E-state index is -1.04. The van der Waals surface area contributed by atoms with Gasteiger partial charge in [0.05, 0.1) is 0 Å². The Morgan fingerprint density at radius 2 is 1.30 bits per heavy atom. The van der Waals surface area contributed by atoms with Crippen molar-refractivity contribution in [3.8, 4) is 0 Å². The van der Waals surface area contributed by atoms with Gasteiger partial charge in [0, 0.05) is 13.2 Å². The standard InChI is InChI=1S/C17H25O2Si/c1-20(18-10-16-8-12-2-4-14(16)6-12)19-11-17-9-13-3-5-15(17)7-13/h2-5,12-17H,6-11H2,1H3. The molecule has 0 spiro atoms. The zero-order chi connectivity index (χ0) is 13.5. The molecule has 0 amide bonds. The summed E-state index contributed by atoms with van der Waals surface area (Å²) in [5.74, 6) is 4.82. The van der Waals surface area contributed by atoms with Gasteiger partial charge in [0.15, 0.2) is 0 Å². The molecule has 4 rings (SSSR count). The summed E-state index contributed by atoms with van der Waals surface area (Å²) in [6.07, 6.45) is 15.0. The van der Waals surface area contributed by atoms with Crippen LogP contribution in [0.5, 0.6) is 0 Å². The van der Waals surface area contributed by atoms with Gasteiger partial charge in [-0.2, -0.15) is 0 Å². The number of hydrogen-bond donors (Lipinski definition) is 0. The summed E-state index contributed by atoms with van der Waals surface area (Å²) in [6.45, 7) is 4.01. The predicted octanol–water partition coefficient (Wildman–Crippen LogP) is 3.56. The van der Waals surface area contributed by atoms with E-state index in [4.69, 9.17) is 8.85 Å². The van der Waals surface area contributed by atoms with Crippen LogP contribution in [-0.2, 0) is 8.85 Å². The van der Waals surface area contributed by atoms with Crippen molar-refractivity contribution in [2.75, 3.05) is 13.2 Å². The molecule has 6 unspecified atom stereocenters. The average Bonchev–Trinajstić information content (AvgIpc) is 3.21. The first-order chi connectivity index (χ1) is 9.78. The molecular formula is C17H25O2Si. The largest absolute Gasteiger partial charge is 0.393 e. The molecular weight excluding hydrogens is 264 g/mol.